The van der Waals surface area contributed by atoms with E-state index in [1.807, 2.05) is 0 Å². The molecule has 0 saturated heterocycles. The Morgan fingerprint density at radius 2 is 1.67 bits per heavy atom. The minimum absolute atomic E-state index is 0.0651. The summed E-state index contributed by atoms with van der Waals surface area (Å²) in [4.78, 5) is 25.4. The fourth-order valence-corrected chi connectivity index (χ4v) is 2.48. The number of hydrogen-bond donors (Lipinski definition) is 0. The van der Waals surface area contributed by atoms with E-state index in [1.165, 1.54) is 25.3 Å². The van der Waals surface area contributed by atoms with Crippen molar-refractivity contribution in [3.8, 4) is 5.75 Å². The van der Waals surface area contributed by atoms with Crippen molar-refractivity contribution >= 4 is 29.1 Å². The van der Waals surface area contributed by atoms with Gasteiger partial charge in [-0.2, -0.15) is 0 Å². The number of amides is 2. The van der Waals surface area contributed by atoms with Crippen molar-refractivity contribution in [2.24, 2.45) is 0 Å². The van der Waals surface area contributed by atoms with Gasteiger partial charge in [0.2, 0.25) is 0 Å². The minimum Gasteiger partial charge on any atom is -0.495 e. The highest BCUT2D eigenvalue weighted by atomic mass is 35.5. The number of rotatable bonds is 2. The van der Waals surface area contributed by atoms with Crippen molar-refractivity contribution in [1.29, 1.82) is 0 Å². The van der Waals surface area contributed by atoms with Crippen LogP contribution in [0.5, 0.6) is 5.75 Å². The molecule has 0 spiro atoms. The lowest BCUT2D eigenvalue weighted by Crippen LogP contribution is -2.30. The molecule has 0 aromatic heterocycles. The molecule has 21 heavy (non-hydrogen) atoms. The molecule has 6 heteroatoms. The Hall–Kier alpha value is -2.40. The number of halogens is 2. The predicted molar refractivity (Wildman–Crippen MR) is 75.5 cm³/mol. The van der Waals surface area contributed by atoms with Gasteiger partial charge in [-0.3, -0.25) is 9.59 Å². The molecule has 3 rings (SSSR count). The Morgan fingerprint density at radius 3 is 2.19 bits per heavy atom. The number of imide groups is 1. The van der Waals surface area contributed by atoms with Crippen molar-refractivity contribution in [2.45, 2.75) is 0 Å². The van der Waals surface area contributed by atoms with Crippen LogP contribution in [0.4, 0.5) is 10.1 Å². The second kappa shape index (κ2) is 4.86. The maximum absolute atomic E-state index is 14.1. The van der Waals surface area contributed by atoms with Crippen LogP contribution in [0.15, 0.2) is 36.4 Å². The summed E-state index contributed by atoms with van der Waals surface area (Å²) in [6.45, 7) is 0. The van der Waals surface area contributed by atoms with Crippen LogP contribution in [0, 0.1) is 5.82 Å². The number of carbonyl (C=O) groups is 2. The van der Waals surface area contributed by atoms with Gasteiger partial charge in [-0.05, 0) is 18.2 Å². The van der Waals surface area contributed by atoms with E-state index in [2.05, 4.69) is 0 Å². The number of hydrogen-bond acceptors (Lipinski definition) is 3. The van der Waals surface area contributed by atoms with E-state index in [0.717, 1.165) is 11.0 Å². The molecule has 0 radical (unpaired) electrons. The van der Waals surface area contributed by atoms with E-state index >= 15 is 0 Å². The third-order valence-electron chi connectivity index (χ3n) is 3.26. The normalized spacial score (nSPS) is 13.6. The van der Waals surface area contributed by atoms with Crippen molar-refractivity contribution in [2.75, 3.05) is 12.0 Å². The van der Waals surface area contributed by atoms with Gasteiger partial charge in [0, 0.05) is 6.07 Å². The summed E-state index contributed by atoms with van der Waals surface area (Å²) in [6, 6.07) is 8.60. The predicted octanol–water partition coefficient (Wildman–Crippen LogP) is 3.29. The Bertz CT molecular complexity index is 741. The summed E-state index contributed by atoms with van der Waals surface area (Å²) in [5.74, 6) is -1.72. The molecule has 4 nitrogen and oxygen atoms in total. The van der Waals surface area contributed by atoms with Gasteiger partial charge in [-0.1, -0.05) is 23.7 Å². The largest absolute Gasteiger partial charge is 0.495 e. The minimum atomic E-state index is -0.768. The summed E-state index contributed by atoms with van der Waals surface area (Å²) < 4.78 is 19.1. The van der Waals surface area contributed by atoms with Crippen molar-refractivity contribution in [3.63, 3.8) is 0 Å². The molecule has 106 valence electrons. The second-order valence-electron chi connectivity index (χ2n) is 4.43. The summed E-state index contributed by atoms with van der Waals surface area (Å²) in [7, 11) is 1.37. The van der Waals surface area contributed by atoms with Crippen LogP contribution in [-0.2, 0) is 0 Å². The molecule has 1 aliphatic heterocycles. The lowest BCUT2D eigenvalue weighted by Gasteiger charge is -2.16. The molecule has 2 amide bonds. The highest BCUT2D eigenvalue weighted by Crippen LogP contribution is 2.36. The molecular formula is C15H9ClFNO3. The number of carbonyl (C=O) groups excluding carboxylic acids is 2. The monoisotopic (exact) mass is 305 g/mol. The van der Waals surface area contributed by atoms with Gasteiger partial charge in [0.1, 0.15) is 11.6 Å². The highest BCUT2D eigenvalue weighted by Gasteiger charge is 2.38. The lowest BCUT2D eigenvalue weighted by atomic mass is 10.1. The van der Waals surface area contributed by atoms with Gasteiger partial charge in [0.25, 0.3) is 11.8 Å². The third-order valence-corrected chi connectivity index (χ3v) is 3.55. The maximum atomic E-state index is 14.1. The van der Waals surface area contributed by atoms with E-state index in [0.29, 0.717) is 0 Å². The van der Waals surface area contributed by atoms with Gasteiger partial charge in [-0.15, -0.1) is 0 Å². The Labute approximate surface area is 124 Å². The smallest absolute Gasteiger partial charge is 0.266 e. The highest BCUT2D eigenvalue weighted by molar-refractivity contribution is 6.35. The standard InChI is InChI=1S/C15H9ClFNO3/c1-21-13-7-12(11(17)6-10(13)16)18-14(19)8-4-2-3-5-9(8)15(18)20/h2-7H,1H3. The van der Waals surface area contributed by atoms with E-state index < -0.39 is 17.6 Å². The Kier molecular flexibility index (Phi) is 3.14. The van der Waals surface area contributed by atoms with Gasteiger partial charge in [0.05, 0.1) is 28.9 Å². The first-order valence-corrected chi connectivity index (χ1v) is 6.43. The average Bonchev–Trinajstić information content (AvgIpc) is 2.72. The van der Waals surface area contributed by atoms with Crippen LogP contribution in [0.25, 0.3) is 0 Å². The van der Waals surface area contributed by atoms with Crippen LogP contribution in [0.2, 0.25) is 5.02 Å². The molecule has 0 atom stereocenters. The van der Waals surface area contributed by atoms with Gasteiger partial charge in [0.15, 0.2) is 0 Å². The van der Waals surface area contributed by atoms with E-state index in [1.54, 1.807) is 12.1 Å². The number of ether oxygens (including phenoxy) is 1. The SMILES string of the molecule is COc1cc(N2C(=O)c3ccccc3C2=O)c(F)cc1Cl. The van der Waals surface area contributed by atoms with Gasteiger partial charge >= 0.3 is 0 Å². The number of anilines is 1. The van der Waals surface area contributed by atoms with Crippen LogP contribution in [0.1, 0.15) is 20.7 Å². The summed E-state index contributed by atoms with van der Waals surface area (Å²) >= 11 is 5.82. The molecular weight excluding hydrogens is 297 g/mol. The lowest BCUT2D eigenvalue weighted by molar-refractivity contribution is 0.0925. The number of fused-ring (bicyclic) bond motifs is 1. The first-order valence-electron chi connectivity index (χ1n) is 6.05. The van der Waals surface area contributed by atoms with E-state index in [-0.39, 0.29) is 27.6 Å². The number of benzene rings is 2. The quantitative estimate of drug-likeness (QED) is 0.800. The van der Waals surface area contributed by atoms with Crippen LogP contribution < -0.4 is 9.64 Å². The molecule has 1 heterocycles. The van der Waals surface area contributed by atoms with Crippen LogP contribution in [0.3, 0.4) is 0 Å². The fourth-order valence-electron chi connectivity index (χ4n) is 2.25. The van der Waals surface area contributed by atoms with Crippen molar-refractivity contribution in [1.82, 2.24) is 0 Å². The molecule has 0 saturated carbocycles. The second-order valence-corrected chi connectivity index (χ2v) is 4.84. The molecule has 0 unspecified atom stereocenters. The number of methoxy groups -OCH3 is 1. The molecule has 0 aliphatic carbocycles. The first kappa shape index (κ1) is 13.6. The molecule has 0 N–H and O–H groups in total. The Morgan fingerprint density at radius 1 is 1.10 bits per heavy atom. The van der Waals surface area contributed by atoms with Gasteiger partial charge in [-0.25, -0.2) is 9.29 Å². The molecule has 2 aromatic rings. The third kappa shape index (κ3) is 1.97. The fraction of sp³-hybridized carbons (Fsp3) is 0.0667. The molecule has 0 fully saturated rings. The van der Waals surface area contributed by atoms with Crippen LogP contribution >= 0.6 is 11.6 Å². The summed E-state index contributed by atoms with van der Waals surface area (Å²) in [5, 5.41) is 0.0651. The van der Waals surface area contributed by atoms with Gasteiger partial charge < -0.3 is 4.74 Å². The Balaban J connectivity index is 2.15. The topological polar surface area (TPSA) is 46.6 Å². The van der Waals surface area contributed by atoms with Crippen LogP contribution in [-0.4, -0.2) is 18.9 Å². The maximum Gasteiger partial charge on any atom is 0.266 e. The average molecular weight is 306 g/mol. The van der Waals surface area contributed by atoms with Crippen molar-refractivity contribution < 1.29 is 18.7 Å². The number of nitrogens with zero attached hydrogens (tertiary/aromatic N) is 1. The van der Waals surface area contributed by atoms with E-state index in [4.69, 9.17) is 16.3 Å². The van der Waals surface area contributed by atoms with E-state index in [9.17, 15) is 14.0 Å². The molecule has 2 aromatic carbocycles. The summed E-state index contributed by atoms with van der Waals surface area (Å²) in [5.41, 5.74) is 0.314. The van der Waals surface area contributed by atoms with Crippen molar-refractivity contribution in [3.05, 3.63) is 58.4 Å². The molecule has 1 aliphatic rings. The zero-order valence-electron chi connectivity index (χ0n) is 10.9. The zero-order chi connectivity index (χ0) is 15.1. The summed E-state index contributed by atoms with van der Waals surface area (Å²) in [6.07, 6.45) is 0. The first-order chi connectivity index (χ1) is 10.0. The molecule has 0 bridgehead atoms. The zero-order valence-corrected chi connectivity index (χ0v) is 11.6.